The van der Waals surface area contributed by atoms with Gasteiger partial charge in [0.05, 0.1) is 29.5 Å². The number of benzene rings is 6. The van der Waals surface area contributed by atoms with Crippen LogP contribution in [0.15, 0.2) is 163 Å². The predicted molar refractivity (Wildman–Crippen MR) is 194 cm³/mol. The molecule has 5 nitrogen and oxygen atoms in total. The van der Waals surface area contributed by atoms with Gasteiger partial charge < -0.3 is 5.32 Å². The zero-order valence-electron chi connectivity index (χ0n) is 25.9. The van der Waals surface area contributed by atoms with Gasteiger partial charge >= 0.3 is 0 Å². The molecule has 2 aliphatic heterocycles. The SMILES string of the molecule is C1=C(C2NC(c3ccccc3)NC(c3cccc(-c4ccccc4)c3)N2)CNC(n2c3ccccc3c3c4ccccc4ccc32)=C1. The van der Waals surface area contributed by atoms with Crippen LogP contribution in [-0.4, -0.2) is 17.3 Å². The Balaban J connectivity index is 1.09. The maximum Gasteiger partial charge on any atom is 0.111 e. The average Bonchev–Trinajstić information content (AvgIpc) is 3.50. The molecule has 7 aromatic rings. The van der Waals surface area contributed by atoms with Crippen molar-refractivity contribution in [3.05, 3.63) is 174 Å². The summed E-state index contributed by atoms with van der Waals surface area (Å²) in [6, 6.07) is 52.0. The summed E-state index contributed by atoms with van der Waals surface area (Å²) in [5.74, 6) is 1.08. The van der Waals surface area contributed by atoms with E-state index in [1.165, 1.54) is 60.4 Å². The number of hydrogen-bond donors (Lipinski definition) is 4. The Morgan fingerprint density at radius 2 is 1.15 bits per heavy atom. The van der Waals surface area contributed by atoms with E-state index in [-0.39, 0.29) is 18.5 Å². The first-order valence-corrected chi connectivity index (χ1v) is 16.3. The molecule has 3 heterocycles. The number of fused-ring (bicyclic) bond motifs is 5. The third kappa shape index (κ3) is 5.02. The van der Waals surface area contributed by atoms with Crippen molar-refractivity contribution in [3.8, 4) is 11.1 Å². The number of dihydropyridines is 1. The average molecular weight is 610 g/mol. The molecular formula is C42H35N5. The van der Waals surface area contributed by atoms with Crippen LogP contribution in [0.3, 0.4) is 0 Å². The van der Waals surface area contributed by atoms with Gasteiger partial charge in [0.1, 0.15) is 5.82 Å². The third-order valence-corrected chi connectivity index (χ3v) is 9.56. The minimum Gasteiger partial charge on any atom is -0.367 e. The summed E-state index contributed by atoms with van der Waals surface area (Å²) in [6.07, 6.45) is 4.40. The molecule has 228 valence electrons. The van der Waals surface area contributed by atoms with Crippen LogP contribution in [0.5, 0.6) is 0 Å². The Morgan fingerprint density at radius 1 is 0.489 bits per heavy atom. The molecule has 0 radical (unpaired) electrons. The van der Waals surface area contributed by atoms with Crippen LogP contribution in [0.2, 0.25) is 0 Å². The fourth-order valence-corrected chi connectivity index (χ4v) is 7.26. The molecule has 1 aromatic heterocycles. The van der Waals surface area contributed by atoms with Gasteiger partial charge in [-0.2, -0.15) is 0 Å². The van der Waals surface area contributed by atoms with Crippen LogP contribution in [0.25, 0.3) is 49.5 Å². The van der Waals surface area contributed by atoms with Crippen molar-refractivity contribution < 1.29 is 0 Å². The van der Waals surface area contributed by atoms with E-state index in [9.17, 15) is 0 Å². The molecule has 9 rings (SSSR count). The van der Waals surface area contributed by atoms with Crippen molar-refractivity contribution in [2.24, 2.45) is 0 Å². The van der Waals surface area contributed by atoms with Crippen molar-refractivity contribution in [2.45, 2.75) is 18.5 Å². The molecule has 3 unspecified atom stereocenters. The summed E-state index contributed by atoms with van der Waals surface area (Å²) in [6.45, 7) is 0.719. The van der Waals surface area contributed by atoms with Crippen molar-refractivity contribution in [3.63, 3.8) is 0 Å². The molecule has 5 heteroatoms. The van der Waals surface area contributed by atoms with Gasteiger partial charge in [0.2, 0.25) is 0 Å². The highest BCUT2D eigenvalue weighted by Crippen LogP contribution is 2.37. The number of para-hydroxylation sites is 1. The molecule has 1 fully saturated rings. The van der Waals surface area contributed by atoms with Gasteiger partial charge in [-0.25, -0.2) is 0 Å². The Labute approximate surface area is 274 Å². The molecule has 4 N–H and O–H groups in total. The van der Waals surface area contributed by atoms with Crippen LogP contribution in [0, 0.1) is 0 Å². The van der Waals surface area contributed by atoms with E-state index in [2.05, 4.69) is 184 Å². The minimum atomic E-state index is -0.0491. The number of aromatic nitrogens is 1. The van der Waals surface area contributed by atoms with E-state index in [1.807, 2.05) is 0 Å². The molecule has 2 aliphatic rings. The zero-order valence-corrected chi connectivity index (χ0v) is 25.9. The number of nitrogens with one attached hydrogen (secondary N) is 4. The van der Waals surface area contributed by atoms with Crippen LogP contribution < -0.4 is 21.3 Å². The minimum absolute atomic E-state index is 0.0234. The van der Waals surface area contributed by atoms with E-state index in [4.69, 9.17) is 0 Å². The second-order valence-corrected chi connectivity index (χ2v) is 12.4. The van der Waals surface area contributed by atoms with Crippen molar-refractivity contribution in [2.75, 3.05) is 6.54 Å². The smallest absolute Gasteiger partial charge is 0.111 e. The lowest BCUT2D eigenvalue weighted by molar-refractivity contribution is 0.220. The topological polar surface area (TPSA) is 53.0 Å². The Morgan fingerprint density at radius 3 is 1.96 bits per heavy atom. The molecule has 3 atom stereocenters. The number of rotatable bonds is 5. The van der Waals surface area contributed by atoms with Crippen molar-refractivity contribution >= 4 is 38.4 Å². The second kappa shape index (κ2) is 11.7. The molecule has 6 aromatic carbocycles. The number of nitrogens with zero attached hydrogens (tertiary/aromatic N) is 1. The van der Waals surface area contributed by atoms with Gasteiger partial charge in [-0.3, -0.25) is 20.5 Å². The monoisotopic (exact) mass is 609 g/mol. The first-order valence-electron chi connectivity index (χ1n) is 16.3. The molecule has 0 spiro atoms. The Bertz CT molecular complexity index is 2300. The largest absolute Gasteiger partial charge is 0.367 e. The van der Waals surface area contributed by atoms with Gasteiger partial charge in [-0.15, -0.1) is 0 Å². The fraction of sp³-hybridized carbons (Fsp3) is 0.0952. The fourth-order valence-electron chi connectivity index (χ4n) is 7.26. The van der Waals surface area contributed by atoms with Crippen molar-refractivity contribution in [1.82, 2.24) is 25.8 Å². The van der Waals surface area contributed by atoms with Gasteiger partial charge in [0.25, 0.3) is 0 Å². The normalized spacial score (nSPS) is 19.8. The Hall–Kier alpha value is -5.46. The van der Waals surface area contributed by atoms with Gasteiger partial charge in [-0.05, 0) is 62.9 Å². The predicted octanol–water partition coefficient (Wildman–Crippen LogP) is 8.45. The van der Waals surface area contributed by atoms with Crippen molar-refractivity contribution in [1.29, 1.82) is 0 Å². The molecular weight excluding hydrogens is 574 g/mol. The number of allylic oxidation sites excluding steroid dienone is 2. The molecule has 47 heavy (non-hydrogen) atoms. The molecule has 0 aliphatic carbocycles. The van der Waals surface area contributed by atoms with E-state index < -0.39 is 0 Å². The summed E-state index contributed by atoms with van der Waals surface area (Å²) in [4.78, 5) is 0. The molecule has 0 saturated carbocycles. The van der Waals surface area contributed by atoms with Gasteiger partial charge in [0.15, 0.2) is 0 Å². The standard InChI is InChI=1S/C42H35N5/c1-3-12-28(13-4-1)31-17-11-18-32(26-31)41-44-40(30-15-5-2-6-16-30)45-42(46-41)33-23-25-38(43-27-33)47-36-21-10-9-20-35(36)39-34-19-8-7-14-29(34)22-24-37(39)47/h1-26,40-46H,27H2. The maximum atomic E-state index is 3.88. The zero-order chi connectivity index (χ0) is 31.2. The van der Waals surface area contributed by atoms with Gasteiger partial charge in [0, 0.05) is 17.3 Å². The molecule has 0 bridgehead atoms. The summed E-state index contributed by atoms with van der Waals surface area (Å²) in [5, 5.41) is 20.5. The highest BCUT2D eigenvalue weighted by atomic mass is 15.4. The van der Waals surface area contributed by atoms with Crippen LogP contribution >= 0.6 is 0 Å². The summed E-state index contributed by atoms with van der Waals surface area (Å²) in [5.41, 5.74) is 8.51. The van der Waals surface area contributed by atoms with Crippen LogP contribution in [0.1, 0.15) is 23.5 Å². The molecule has 1 saturated heterocycles. The van der Waals surface area contributed by atoms with Crippen LogP contribution in [-0.2, 0) is 0 Å². The van der Waals surface area contributed by atoms with Gasteiger partial charge in [-0.1, -0.05) is 133 Å². The highest BCUT2D eigenvalue weighted by Gasteiger charge is 2.31. The first-order chi connectivity index (χ1) is 23.3. The first kappa shape index (κ1) is 27.8. The lowest BCUT2D eigenvalue weighted by Crippen LogP contribution is -2.60. The third-order valence-electron chi connectivity index (χ3n) is 9.56. The number of hydrogen-bond acceptors (Lipinski definition) is 4. The Kier molecular flexibility index (Phi) is 6.94. The summed E-state index contributed by atoms with van der Waals surface area (Å²) >= 11 is 0. The lowest BCUT2D eigenvalue weighted by Gasteiger charge is -2.41. The highest BCUT2D eigenvalue weighted by molar-refractivity contribution is 6.21. The maximum absolute atomic E-state index is 3.88. The summed E-state index contributed by atoms with van der Waals surface area (Å²) in [7, 11) is 0. The second-order valence-electron chi connectivity index (χ2n) is 12.4. The lowest BCUT2D eigenvalue weighted by atomic mass is 9.99. The van der Waals surface area contributed by atoms with E-state index >= 15 is 0 Å². The quantitative estimate of drug-likeness (QED) is 0.158. The van der Waals surface area contributed by atoms with E-state index in [0.29, 0.717) is 0 Å². The van der Waals surface area contributed by atoms with E-state index in [0.717, 1.165) is 12.4 Å². The summed E-state index contributed by atoms with van der Waals surface area (Å²) < 4.78 is 2.37. The molecule has 0 amide bonds. The van der Waals surface area contributed by atoms with E-state index in [1.54, 1.807) is 0 Å². The van der Waals surface area contributed by atoms with Crippen LogP contribution in [0.4, 0.5) is 0 Å².